The van der Waals surface area contributed by atoms with Gasteiger partial charge in [0.15, 0.2) is 0 Å². The van der Waals surface area contributed by atoms with Crippen molar-refractivity contribution in [3.05, 3.63) is 18.0 Å². The fourth-order valence-corrected chi connectivity index (χ4v) is 1.51. The number of nitrogens with one attached hydrogen (secondary N) is 1. The van der Waals surface area contributed by atoms with Crippen molar-refractivity contribution in [1.82, 2.24) is 9.97 Å². The van der Waals surface area contributed by atoms with Gasteiger partial charge in [-0.15, -0.1) is 0 Å². The molecule has 0 bridgehead atoms. The van der Waals surface area contributed by atoms with Crippen molar-refractivity contribution in [1.29, 1.82) is 0 Å². The molecule has 1 heterocycles. The van der Waals surface area contributed by atoms with E-state index in [2.05, 4.69) is 15.3 Å². The van der Waals surface area contributed by atoms with Crippen LogP contribution in [0.3, 0.4) is 0 Å². The van der Waals surface area contributed by atoms with Gasteiger partial charge in [-0.2, -0.15) is 13.2 Å². The fourth-order valence-electron chi connectivity index (χ4n) is 1.51. The summed E-state index contributed by atoms with van der Waals surface area (Å²) in [5.74, 6) is 0.383. The van der Waals surface area contributed by atoms with Crippen molar-refractivity contribution in [2.45, 2.75) is 32.5 Å². The van der Waals surface area contributed by atoms with Crippen molar-refractivity contribution < 1.29 is 13.2 Å². The van der Waals surface area contributed by atoms with Crippen molar-refractivity contribution in [3.8, 4) is 0 Å². The van der Waals surface area contributed by atoms with Gasteiger partial charge in [0.1, 0.15) is 5.69 Å². The van der Waals surface area contributed by atoms with Gasteiger partial charge in [-0.3, -0.25) is 0 Å². The number of alkyl halides is 3. The van der Waals surface area contributed by atoms with Gasteiger partial charge in [0.2, 0.25) is 5.95 Å². The van der Waals surface area contributed by atoms with Gasteiger partial charge in [-0.05, 0) is 18.4 Å². The number of nitrogens with two attached hydrogens (primary N) is 1. The number of aromatic nitrogens is 2. The number of hydrogen-bond acceptors (Lipinski definition) is 4. The third-order valence-corrected chi connectivity index (χ3v) is 2.24. The first-order valence-electron chi connectivity index (χ1n) is 5.68. The maximum Gasteiger partial charge on any atom is 0.433 e. The predicted octanol–water partition coefficient (Wildman–Crippen LogP) is 2.28. The van der Waals surface area contributed by atoms with E-state index in [0.29, 0.717) is 12.5 Å². The second-order valence-electron chi connectivity index (χ2n) is 4.53. The van der Waals surface area contributed by atoms with Gasteiger partial charge in [0, 0.05) is 18.8 Å². The number of hydrogen-bond donors (Lipinski definition) is 2. The van der Waals surface area contributed by atoms with E-state index in [9.17, 15) is 13.2 Å². The normalized spacial score (nSPS) is 13.7. The summed E-state index contributed by atoms with van der Waals surface area (Å²) in [4.78, 5) is 7.12. The molecule has 1 rings (SSSR count). The Bertz CT molecular complexity index is 379. The summed E-state index contributed by atoms with van der Waals surface area (Å²) >= 11 is 0. The van der Waals surface area contributed by atoms with Crippen molar-refractivity contribution in [3.63, 3.8) is 0 Å². The highest BCUT2D eigenvalue weighted by molar-refractivity contribution is 5.26. The summed E-state index contributed by atoms with van der Waals surface area (Å²) in [6.45, 7) is 4.40. The first kappa shape index (κ1) is 14.7. The van der Waals surface area contributed by atoms with Crippen molar-refractivity contribution in [2.24, 2.45) is 11.7 Å². The zero-order valence-electron chi connectivity index (χ0n) is 10.3. The van der Waals surface area contributed by atoms with Crippen LogP contribution in [-0.2, 0) is 6.18 Å². The van der Waals surface area contributed by atoms with Gasteiger partial charge in [0.25, 0.3) is 0 Å². The summed E-state index contributed by atoms with van der Waals surface area (Å²) in [5.41, 5.74) is 4.85. The summed E-state index contributed by atoms with van der Waals surface area (Å²) in [6, 6.07) is 0.697. The van der Waals surface area contributed by atoms with Crippen LogP contribution in [0, 0.1) is 5.92 Å². The number of nitrogens with zero attached hydrogens (tertiary/aromatic N) is 2. The third kappa shape index (κ3) is 4.87. The molecule has 0 saturated carbocycles. The fraction of sp³-hybridized carbons (Fsp3) is 0.636. The van der Waals surface area contributed by atoms with E-state index in [0.717, 1.165) is 18.7 Å². The Morgan fingerprint density at radius 2 is 2.06 bits per heavy atom. The molecule has 1 atom stereocenters. The van der Waals surface area contributed by atoms with Crippen LogP contribution < -0.4 is 11.1 Å². The Morgan fingerprint density at radius 3 is 2.61 bits per heavy atom. The zero-order chi connectivity index (χ0) is 13.8. The van der Waals surface area contributed by atoms with Crippen LogP contribution in [0.2, 0.25) is 0 Å². The Labute approximate surface area is 104 Å². The maximum absolute atomic E-state index is 12.4. The molecule has 1 aromatic rings. The smallest absolute Gasteiger partial charge is 0.353 e. The molecule has 18 heavy (non-hydrogen) atoms. The number of halogens is 3. The van der Waals surface area contributed by atoms with Crippen LogP contribution in [0.25, 0.3) is 0 Å². The summed E-state index contributed by atoms with van der Waals surface area (Å²) in [5, 5.41) is 2.72. The van der Waals surface area contributed by atoms with Crippen LogP contribution in [0.5, 0.6) is 0 Å². The van der Waals surface area contributed by atoms with E-state index >= 15 is 0 Å². The molecule has 4 nitrogen and oxygen atoms in total. The van der Waals surface area contributed by atoms with Gasteiger partial charge in [-0.1, -0.05) is 13.8 Å². The van der Waals surface area contributed by atoms with Crippen LogP contribution >= 0.6 is 0 Å². The van der Waals surface area contributed by atoms with Crippen LogP contribution in [0.1, 0.15) is 26.0 Å². The molecule has 0 aliphatic rings. The maximum atomic E-state index is 12.4. The topological polar surface area (TPSA) is 63.8 Å². The van der Waals surface area contributed by atoms with E-state index in [1.54, 1.807) is 0 Å². The Kier molecular flexibility index (Phi) is 4.89. The minimum atomic E-state index is -4.46. The first-order valence-corrected chi connectivity index (χ1v) is 5.68. The van der Waals surface area contributed by atoms with Crippen LogP contribution in [0.4, 0.5) is 19.1 Å². The molecule has 1 unspecified atom stereocenters. The molecule has 0 aliphatic heterocycles. The Morgan fingerprint density at radius 1 is 1.39 bits per heavy atom. The molecular formula is C11H17F3N4. The van der Waals surface area contributed by atoms with Gasteiger partial charge in [-0.25, -0.2) is 9.97 Å². The molecule has 0 aromatic carbocycles. The Hall–Kier alpha value is -1.37. The van der Waals surface area contributed by atoms with E-state index in [-0.39, 0.29) is 12.0 Å². The second-order valence-corrected chi connectivity index (χ2v) is 4.53. The van der Waals surface area contributed by atoms with Crippen LogP contribution in [0.15, 0.2) is 12.3 Å². The minimum Gasteiger partial charge on any atom is -0.353 e. The second kappa shape index (κ2) is 5.99. The average Bonchev–Trinajstić information content (AvgIpc) is 2.25. The Balaban J connectivity index is 2.58. The summed E-state index contributed by atoms with van der Waals surface area (Å²) in [7, 11) is 0. The lowest BCUT2D eigenvalue weighted by Gasteiger charge is -2.15. The quantitative estimate of drug-likeness (QED) is 0.854. The van der Waals surface area contributed by atoms with E-state index < -0.39 is 11.9 Å². The molecule has 0 fully saturated rings. The molecule has 0 aliphatic carbocycles. The highest BCUT2D eigenvalue weighted by atomic mass is 19.4. The first-order chi connectivity index (χ1) is 8.29. The van der Waals surface area contributed by atoms with Gasteiger partial charge in [0.05, 0.1) is 0 Å². The van der Waals surface area contributed by atoms with Gasteiger partial charge >= 0.3 is 6.18 Å². The predicted molar refractivity (Wildman–Crippen MR) is 63.0 cm³/mol. The molecule has 7 heteroatoms. The highest BCUT2D eigenvalue weighted by Crippen LogP contribution is 2.27. The lowest BCUT2D eigenvalue weighted by atomic mass is 10.0. The molecule has 0 amide bonds. The monoisotopic (exact) mass is 262 g/mol. The lowest BCUT2D eigenvalue weighted by Crippen LogP contribution is -2.31. The lowest BCUT2D eigenvalue weighted by molar-refractivity contribution is -0.141. The molecule has 0 radical (unpaired) electrons. The standard InChI is InChI=1S/C11H17F3N4/c1-7(2)5-8(15)6-17-10-16-4-3-9(18-10)11(12,13)14/h3-4,7-8H,5-6,15H2,1-2H3,(H,16,17,18). The van der Waals surface area contributed by atoms with Crippen LogP contribution in [-0.4, -0.2) is 22.6 Å². The SMILES string of the molecule is CC(C)CC(N)CNc1nccc(C(F)(F)F)n1. The summed E-state index contributed by atoms with van der Waals surface area (Å²) in [6.07, 6.45) is -2.60. The molecular weight excluding hydrogens is 245 g/mol. The van der Waals surface area contributed by atoms with E-state index in [4.69, 9.17) is 5.73 Å². The average molecular weight is 262 g/mol. The minimum absolute atomic E-state index is 0.0518. The third-order valence-electron chi connectivity index (χ3n) is 2.24. The number of anilines is 1. The summed E-state index contributed by atoms with van der Waals surface area (Å²) < 4.78 is 37.2. The number of rotatable bonds is 5. The molecule has 3 N–H and O–H groups in total. The highest BCUT2D eigenvalue weighted by Gasteiger charge is 2.32. The largest absolute Gasteiger partial charge is 0.433 e. The van der Waals surface area contributed by atoms with Crippen molar-refractivity contribution >= 4 is 5.95 Å². The van der Waals surface area contributed by atoms with Gasteiger partial charge < -0.3 is 11.1 Å². The van der Waals surface area contributed by atoms with Crippen molar-refractivity contribution in [2.75, 3.05) is 11.9 Å². The molecule has 0 spiro atoms. The molecule has 1 aromatic heterocycles. The van der Waals surface area contributed by atoms with E-state index in [1.807, 2.05) is 13.8 Å². The molecule has 0 saturated heterocycles. The van der Waals surface area contributed by atoms with E-state index in [1.165, 1.54) is 0 Å². The zero-order valence-corrected chi connectivity index (χ0v) is 10.3. The molecule has 102 valence electrons.